The van der Waals surface area contributed by atoms with Crippen molar-refractivity contribution < 1.29 is 13.5 Å². The highest BCUT2D eigenvalue weighted by atomic mass is 35.5. The predicted octanol–water partition coefficient (Wildman–Crippen LogP) is 2.91. The normalized spacial score (nSPS) is 32.2. The van der Waals surface area contributed by atoms with Crippen molar-refractivity contribution in [2.24, 2.45) is 11.8 Å². The third-order valence-corrected chi connectivity index (χ3v) is 6.77. The van der Waals surface area contributed by atoms with Crippen molar-refractivity contribution in [2.45, 2.75) is 42.9 Å². The van der Waals surface area contributed by atoms with Crippen LogP contribution in [0.2, 0.25) is 5.02 Å². The first kappa shape index (κ1) is 14.8. The summed E-state index contributed by atoms with van der Waals surface area (Å²) in [7, 11) is -3.60. The fourth-order valence-corrected chi connectivity index (χ4v) is 5.73. The molecule has 1 aromatic rings. The van der Waals surface area contributed by atoms with Crippen molar-refractivity contribution in [3.8, 4) is 0 Å². The van der Waals surface area contributed by atoms with Crippen molar-refractivity contribution >= 4 is 21.4 Å². The molecule has 106 valence electrons. The van der Waals surface area contributed by atoms with Crippen LogP contribution in [-0.2, 0) is 9.84 Å². The standard InChI is InChI=1S/C14H19ClO3S/c1-9-7-10(2)14(12(16)8-9)19(17,18)13-6-4-3-5-11(13)15/h3-6,9-10,12,14,16H,7-8H2,1-2H3. The Hall–Kier alpha value is -0.580. The second kappa shape index (κ2) is 5.43. The highest BCUT2D eigenvalue weighted by molar-refractivity contribution is 7.92. The van der Waals surface area contributed by atoms with Gasteiger partial charge in [0.15, 0.2) is 9.84 Å². The van der Waals surface area contributed by atoms with Gasteiger partial charge in [-0.05, 0) is 36.8 Å². The quantitative estimate of drug-likeness (QED) is 0.914. The van der Waals surface area contributed by atoms with Crippen LogP contribution in [0.25, 0.3) is 0 Å². The average Bonchev–Trinajstić information content (AvgIpc) is 2.27. The van der Waals surface area contributed by atoms with E-state index in [0.29, 0.717) is 12.3 Å². The molecule has 0 aromatic heterocycles. The van der Waals surface area contributed by atoms with Crippen LogP contribution < -0.4 is 0 Å². The van der Waals surface area contributed by atoms with Crippen molar-refractivity contribution in [1.29, 1.82) is 0 Å². The van der Waals surface area contributed by atoms with Crippen LogP contribution in [0.5, 0.6) is 0 Å². The van der Waals surface area contributed by atoms with Gasteiger partial charge < -0.3 is 5.11 Å². The topological polar surface area (TPSA) is 54.4 Å². The van der Waals surface area contributed by atoms with E-state index in [1.54, 1.807) is 18.2 Å². The molecule has 1 N–H and O–H groups in total. The van der Waals surface area contributed by atoms with Gasteiger partial charge in [-0.15, -0.1) is 0 Å². The molecule has 0 amide bonds. The van der Waals surface area contributed by atoms with Crippen molar-refractivity contribution in [3.05, 3.63) is 29.3 Å². The molecule has 0 saturated heterocycles. The van der Waals surface area contributed by atoms with Gasteiger partial charge in [-0.2, -0.15) is 0 Å². The fourth-order valence-electron chi connectivity index (χ4n) is 3.13. The van der Waals surface area contributed by atoms with Gasteiger partial charge in [0.25, 0.3) is 0 Å². The van der Waals surface area contributed by atoms with Crippen LogP contribution in [0, 0.1) is 11.8 Å². The van der Waals surface area contributed by atoms with E-state index in [2.05, 4.69) is 0 Å². The first-order valence-electron chi connectivity index (χ1n) is 6.50. The van der Waals surface area contributed by atoms with Gasteiger partial charge in [0.2, 0.25) is 0 Å². The molecule has 4 atom stereocenters. The van der Waals surface area contributed by atoms with Crippen LogP contribution >= 0.6 is 11.6 Å². The number of sulfone groups is 1. The monoisotopic (exact) mass is 302 g/mol. The highest BCUT2D eigenvalue weighted by Gasteiger charge is 2.42. The minimum atomic E-state index is -3.60. The number of benzene rings is 1. The summed E-state index contributed by atoms with van der Waals surface area (Å²) in [6.45, 7) is 3.93. The van der Waals surface area contributed by atoms with Gasteiger partial charge in [0.05, 0.1) is 21.3 Å². The smallest absolute Gasteiger partial charge is 0.185 e. The first-order valence-corrected chi connectivity index (χ1v) is 8.43. The molecule has 1 aliphatic carbocycles. The fraction of sp³-hybridized carbons (Fsp3) is 0.571. The number of hydrogen-bond donors (Lipinski definition) is 1. The number of aliphatic hydroxyl groups is 1. The van der Waals surface area contributed by atoms with Gasteiger partial charge in [-0.3, -0.25) is 0 Å². The van der Waals surface area contributed by atoms with E-state index in [4.69, 9.17) is 11.6 Å². The Bertz CT molecular complexity index is 544. The van der Waals surface area contributed by atoms with Crippen LogP contribution in [0.15, 0.2) is 29.2 Å². The Morgan fingerprint density at radius 1 is 1.21 bits per heavy atom. The van der Waals surface area contributed by atoms with Crippen molar-refractivity contribution in [3.63, 3.8) is 0 Å². The van der Waals surface area contributed by atoms with Crippen LogP contribution in [-0.4, -0.2) is 24.9 Å². The Kier molecular flexibility index (Phi) is 4.23. The molecule has 2 rings (SSSR count). The second-order valence-corrected chi connectivity index (χ2v) is 8.04. The summed E-state index contributed by atoms with van der Waals surface area (Å²) >= 11 is 5.99. The number of hydrogen-bond acceptors (Lipinski definition) is 3. The lowest BCUT2D eigenvalue weighted by atomic mass is 9.81. The average molecular weight is 303 g/mol. The SMILES string of the molecule is CC1CC(C)C(S(=O)(=O)c2ccccc2Cl)C(O)C1. The van der Waals surface area contributed by atoms with Gasteiger partial charge >= 0.3 is 0 Å². The summed E-state index contributed by atoms with van der Waals surface area (Å²) in [5, 5.41) is 9.64. The molecule has 1 saturated carbocycles. The highest BCUT2D eigenvalue weighted by Crippen LogP contribution is 2.37. The van der Waals surface area contributed by atoms with Crippen LogP contribution in [0.4, 0.5) is 0 Å². The van der Waals surface area contributed by atoms with Crippen LogP contribution in [0.3, 0.4) is 0 Å². The summed E-state index contributed by atoms with van der Waals surface area (Å²) in [5.74, 6) is 0.280. The maximum absolute atomic E-state index is 12.7. The van der Waals surface area contributed by atoms with Gasteiger partial charge in [0, 0.05) is 0 Å². The van der Waals surface area contributed by atoms with Crippen molar-refractivity contribution in [2.75, 3.05) is 0 Å². The maximum atomic E-state index is 12.7. The minimum Gasteiger partial charge on any atom is -0.392 e. The molecule has 0 spiro atoms. The number of rotatable bonds is 2. The molecular weight excluding hydrogens is 284 g/mol. The number of aliphatic hydroxyl groups excluding tert-OH is 1. The maximum Gasteiger partial charge on any atom is 0.185 e. The summed E-state index contributed by atoms with van der Waals surface area (Å²) < 4.78 is 25.4. The Balaban J connectivity index is 2.42. The molecule has 19 heavy (non-hydrogen) atoms. The third kappa shape index (κ3) is 2.81. The zero-order chi connectivity index (χ0) is 14.2. The van der Waals surface area contributed by atoms with Gasteiger partial charge in [-0.1, -0.05) is 37.6 Å². The minimum absolute atomic E-state index is 0.0694. The molecule has 0 aliphatic heterocycles. The van der Waals surface area contributed by atoms with Gasteiger partial charge in [0.1, 0.15) is 0 Å². The molecule has 0 radical (unpaired) electrons. The zero-order valence-electron chi connectivity index (χ0n) is 11.1. The number of halogens is 1. The summed E-state index contributed by atoms with van der Waals surface area (Å²) in [6.07, 6.45) is 0.518. The molecule has 1 aromatic carbocycles. The van der Waals surface area contributed by atoms with E-state index in [0.717, 1.165) is 6.42 Å². The Morgan fingerprint density at radius 3 is 2.42 bits per heavy atom. The second-order valence-electron chi connectivity index (χ2n) is 5.56. The first-order chi connectivity index (χ1) is 8.84. The zero-order valence-corrected chi connectivity index (χ0v) is 12.7. The lowest BCUT2D eigenvalue weighted by Crippen LogP contribution is -2.44. The molecule has 0 bridgehead atoms. The van der Waals surface area contributed by atoms with E-state index in [9.17, 15) is 13.5 Å². The molecule has 1 aliphatic rings. The Morgan fingerprint density at radius 2 is 1.84 bits per heavy atom. The van der Waals surface area contributed by atoms with Crippen LogP contribution in [0.1, 0.15) is 26.7 Å². The van der Waals surface area contributed by atoms with E-state index < -0.39 is 21.2 Å². The Labute approximate surface area is 119 Å². The van der Waals surface area contributed by atoms with Gasteiger partial charge in [-0.25, -0.2) is 8.42 Å². The third-order valence-electron chi connectivity index (χ3n) is 3.86. The van der Waals surface area contributed by atoms with E-state index in [1.807, 2.05) is 13.8 Å². The van der Waals surface area contributed by atoms with E-state index in [-0.39, 0.29) is 15.8 Å². The molecular formula is C14H19ClO3S. The molecule has 1 fully saturated rings. The van der Waals surface area contributed by atoms with E-state index in [1.165, 1.54) is 6.07 Å². The van der Waals surface area contributed by atoms with E-state index >= 15 is 0 Å². The molecule has 5 heteroatoms. The van der Waals surface area contributed by atoms with Crippen molar-refractivity contribution in [1.82, 2.24) is 0 Å². The lowest BCUT2D eigenvalue weighted by Gasteiger charge is -2.36. The molecule has 0 heterocycles. The summed E-state index contributed by atoms with van der Waals surface area (Å²) in [6, 6.07) is 6.43. The lowest BCUT2D eigenvalue weighted by molar-refractivity contribution is 0.0843. The molecule has 3 nitrogen and oxygen atoms in total. The predicted molar refractivity (Wildman–Crippen MR) is 76.0 cm³/mol. The summed E-state index contributed by atoms with van der Waals surface area (Å²) in [5.41, 5.74) is 0. The largest absolute Gasteiger partial charge is 0.392 e. The summed E-state index contributed by atoms with van der Waals surface area (Å²) in [4.78, 5) is 0.127. The molecule has 4 unspecified atom stereocenters.